The SMILES string of the molecule is FC1CCCC(Cl)C1CNN1CNNC1S. The fourth-order valence-electron chi connectivity index (χ4n) is 2.17. The topological polar surface area (TPSA) is 39.3 Å². The maximum atomic E-state index is 13.7. The van der Waals surface area contributed by atoms with E-state index < -0.39 is 6.17 Å². The molecule has 2 rings (SSSR count). The van der Waals surface area contributed by atoms with Gasteiger partial charge in [0.2, 0.25) is 0 Å². The summed E-state index contributed by atoms with van der Waals surface area (Å²) in [5, 5.41) is 1.83. The van der Waals surface area contributed by atoms with Crippen molar-refractivity contribution in [3.05, 3.63) is 0 Å². The summed E-state index contributed by atoms with van der Waals surface area (Å²) < 4.78 is 13.7. The number of nitrogens with one attached hydrogen (secondary N) is 3. The lowest BCUT2D eigenvalue weighted by Gasteiger charge is -2.32. The van der Waals surface area contributed by atoms with Gasteiger partial charge in [0.15, 0.2) is 0 Å². The van der Waals surface area contributed by atoms with Gasteiger partial charge in [-0.3, -0.25) is 5.43 Å². The second-order valence-corrected chi connectivity index (χ2v) is 5.36. The summed E-state index contributed by atoms with van der Waals surface area (Å²) in [6.07, 6.45) is 1.66. The molecule has 0 amide bonds. The molecule has 16 heavy (non-hydrogen) atoms. The van der Waals surface area contributed by atoms with Crippen molar-refractivity contribution in [3.63, 3.8) is 0 Å². The van der Waals surface area contributed by atoms with Crippen LogP contribution in [0.5, 0.6) is 0 Å². The fourth-order valence-corrected chi connectivity index (χ4v) is 2.83. The largest absolute Gasteiger partial charge is 0.251 e. The first-order valence-electron chi connectivity index (χ1n) is 5.63. The first-order chi connectivity index (χ1) is 7.68. The number of halogens is 2. The third kappa shape index (κ3) is 3.00. The van der Waals surface area contributed by atoms with Gasteiger partial charge in [0, 0.05) is 17.8 Å². The summed E-state index contributed by atoms with van der Waals surface area (Å²) in [6.45, 7) is 1.21. The normalized spacial score (nSPS) is 41.4. The van der Waals surface area contributed by atoms with E-state index in [0.717, 1.165) is 12.8 Å². The maximum Gasteiger partial charge on any atom is 0.132 e. The zero-order valence-corrected chi connectivity index (χ0v) is 10.6. The number of hydrogen-bond acceptors (Lipinski definition) is 5. The molecule has 2 aliphatic rings. The Morgan fingerprint density at radius 2 is 2.31 bits per heavy atom. The molecule has 1 aliphatic heterocycles. The van der Waals surface area contributed by atoms with Crippen LogP contribution in [0, 0.1) is 5.92 Å². The fraction of sp³-hybridized carbons (Fsp3) is 1.00. The van der Waals surface area contributed by atoms with Gasteiger partial charge in [0.1, 0.15) is 11.7 Å². The molecule has 0 radical (unpaired) electrons. The van der Waals surface area contributed by atoms with E-state index >= 15 is 0 Å². The van der Waals surface area contributed by atoms with Crippen molar-refractivity contribution in [1.82, 2.24) is 21.3 Å². The second kappa shape index (κ2) is 5.84. The molecule has 4 nitrogen and oxygen atoms in total. The van der Waals surface area contributed by atoms with Crippen LogP contribution in [0.2, 0.25) is 0 Å². The Balaban J connectivity index is 1.79. The van der Waals surface area contributed by atoms with Crippen molar-refractivity contribution in [2.75, 3.05) is 13.2 Å². The van der Waals surface area contributed by atoms with Crippen molar-refractivity contribution < 1.29 is 4.39 Å². The molecule has 0 aromatic carbocycles. The van der Waals surface area contributed by atoms with E-state index in [0.29, 0.717) is 19.6 Å². The molecule has 1 saturated heterocycles. The Hall–Kier alpha value is 0.410. The minimum Gasteiger partial charge on any atom is -0.251 e. The summed E-state index contributed by atoms with van der Waals surface area (Å²) in [6, 6.07) is 0. The van der Waals surface area contributed by atoms with E-state index in [9.17, 15) is 4.39 Å². The smallest absolute Gasteiger partial charge is 0.132 e. The highest BCUT2D eigenvalue weighted by Crippen LogP contribution is 2.30. The Labute approximate surface area is 106 Å². The second-order valence-electron chi connectivity index (χ2n) is 4.31. The van der Waals surface area contributed by atoms with Gasteiger partial charge in [0.25, 0.3) is 0 Å². The lowest BCUT2D eigenvalue weighted by Crippen LogP contribution is -2.47. The van der Waals surface area contributed by atoms with Gasteiger partial charge in [-0.2, -0.15) is 0 Å². The molecule has 1 saturated carbocycles. The van der Waals surface area contributed by atoms with Crippen LogP contribution in [-0.4, -0.2) is 35.3 Å². The Morgan fingerprint density at radius 1 is 1.50 bits per heavy atom. The van der Waals surface area contributed by atoms with Gasteiger partial charge < -0.3 is 0 Å². The molecular weight excluding hydrogens is 251 g/mol. The zero-order chi connectivity index (χ0) is 11.5. The van der Waals surface area contributed by atoms with Gasteiger partial charge in [-0.15, -0.1) is 24.2 Å². The molecule has 4 unspecified atom stereocenters. The molecule has 0 aromatic rings. The van der Waals surface area contributed by atoms with Crippen molar-refractivity contribution in [3.8, 4) is 0 Å². The lowest BCUT2D eigenvalue weighted by atomic mass is 9.87. The summed E-state index contributed by atoms with van der Waals surface area (Å²) >= 11 is 10.4. The third-order valence-electron chi connectivity index (χ3n) is 3.19. The summed E-state index contributed by atoms with van der Waals surface area (Å²) in [5.41, 5.74) is 8.95. The highest BCUT2D eigenvalue weighted by molar-refractivity contribution is 7.80. The minimum absolute atomic E-state index is 0.0573. The molecule has 94 valence electrons. The number of thiol groups is 1. The van der Waals surface area contributed by atoms with E-state index in [2.05, 4.69) is 28.9 Å². The quantitative estimate of drug-likeness (QED) is 0.452. The van der Waals surface area contributed by atoms with Gasteiger partial charge in [-0.25, -0.2) is 20.3 Å². The number of alkyl halides is 2. The van der Waals surface area contributed by atoms with E-state index in [4.69, 9.17) is 11.6 Å². The predicted molar refractivity (Wildman–Crippen MR) is 65.6 cm³/mol. The Bertz CT molecular complexity index is 226. The Kier molecular flexibility index (Phi) is 4.69. The van der Waals surface area contributed by atoms with E-state index in [1.807, 2.05) is 5.01 Å². The van der Waals surface area contributed by atoms with Gasteiger partial charge in [0.05, 0.1) is 6.67 Å². The highest BCUT2D eigenvalue weighted by Gasteiger charge is 2.33. The molecule has 0 bridgehead atoms. The zero-order valence-electron chi connectivity index (χ0n) is 9.00. The van der Waals surface area contributed by atoms with Crippen molar-refractivity contribution in [2.45, 2.75) is 36.3 Å². The van der Waals surface area contributed by atoms with Crippen LogP contribution in [0.3, 0.4) is 0 Å². The van der Waals surface area contributed by atoms with Crippen LogP contribution < -0.4 is 16.3 Å². The van der Waals surface area contributed by atoms with E-state index in [1.54, 1.807) is 0 Å². The number of nitrogens with zero attached hydrogens (tertiary/aromatic N) is 1. The van der Waals surface area contributed by atoms with Crippen molar-refractivity contribution in [1.29, 1.82) is 0 Å². The number of hydrazine groups is 2. The lowest BCUT2D eigenvalue weighted by molar-refractivity contribution is 0.125. The van der Waals surface area contributed by atoms with Crippen LogP contribution >= 0.6 is 24.2 Å². The molecule has 7 heteroatoms. The standard InChI is InChI=1S/C9H18ClFN4S/c10-7-2-1-3-8(11)6(7)4-13-15-5-12-14-9(15)16/h6-9,12-14,16H,1-5H2. The van der Waals surface area contributed by atoms with Crippen molar-refractivity contribution in [2.24, 2.45) is 5.92 Å². The molecule has 4 atom stereocenters. The molecule has 2 fully saturated rings. The average molecular weight is 269 g/mol. The summed E-state index contributed by atoms with van der Waals surface area (Å²) in [4.78, 5) is 0. The van der Waals surface area contributed by atoms with Crippen LogP contribution in [-0.2, 0) is 0 Å². The highest BCUT2D eigenvalue weighted by atomic mass is 35.5. The van der Waals surface area contributed by atoms with E-state index in [-0.39, 0.29) is 16.8 Å². The number of rotatable bonds is 3. The first kappa shape index (κ1) is 12.9. The molecular formula is C9H18ClFN4S. The molecule has 1 aliphatic carbocycles. The monoisotopic (exact) mass is 268 g/mol. The number of hydrogen-bond donors (Lipinski definition) is 4. The molecule has 0 aromatic heterocycles. The van der Waals surface area contributed by atoms with Gasteiger partial charge in [-0.05, 0) is 19.3 Å². The van der Waals surface area contributed by atoms with Gasteiger partial charge >= 0.3 is 0 Å². The summed E-state index contributed by atoms with van der Waals surface area (Å²) in [5.74, 6) is -0.100. The summed E-state index contributed by atoms with van der Waals surface area (Å²) in [7, 11) is 0. The van der Waals surface area contributed by atoms with Crippen molar-refractivity contribution >= 4 is 24.2 Å². The molecule has 0 spiro atoms. The molecule has 3 N–H and O–H groups in total. The minimum atomic E-state index is -0.786. The Morgan fingerprint density at radius 3 is 2.94 bits per heavy atom. The van der Waals surface area contributed by atoms with Crippen LogP contribution in [0.1, 0.15) is 19.3 Å². The maximum absolute atomic E-state index is 13.7. The predicted octanol–water partition coefficient (Wildman–Crippen LogP) is 0.817. The molecule has 1 heterocycles. The van der Waals surface area contributed by atoms with Crippen LogP contribution in [0.4, 0.5) is 4.39 Å². The van der Waals surface area contributed by atoms with Crippen LogP contribution in [0.25, 0.3) is 0 Å². The average Bonchev–Trinajstić information content (AvgIpc) is 2.64. The third-order valence-corrected chi connectivity index (χ3v) is 4.14. The van der Waals surface area contributed by atoms with Crippen LogP contribution in [0.15, 0.2) is 0 Å². The first-order valence-corrected chi connectivity index (χ1v) is 6.58. The van der Waals surface area contributed by atoms with Gasteiger partial charge in [-0.1, -0.05) is 0 Å². The van der Waals surface area contributed by atoms with E-state index in [1.165, 1.54) is 0 Å².